The van der Waals surface area contributed by atoms with Crippen LogP contribution in [-0.2, 0) is 9.31 Å². The first-order valence-electron chi connectivity index (χ1n) is 6.63. The number of nitro groups is 1. The minimum absolute atomic E-state index is 0.144. The zero-order chi connectivity index (χ0) is 16.9. The lowest BCUT2D eigenvalue weighted by Gasteiger charge is -2.32. The number of aromatic carboxylic acids is 1. The molecule has 1 heterocycles. The van der Waals surface area contributed by atoms with Crippen molar-refractivity contribution in [3.63, 3.8) is 0 Å². The molecule has 1 saturated heterocycles. The lowest BCUT2D eigenvalue weighted by atomic mass is 9.76. The molecule has 1 aliphatic heterocycles. The molecule has 22 heavy (non-hydrogen) atoms. The highest BCUT2D eigenvalue weighted by molar-refractivity contribution is 6.64. The molecule has 3 N–H and O–H groups in total. The fourth-order valence-corrected chi connectivity index (χ4v) is 2.10. The number of carboxylic acids is 1. The van der Waals surface area contributed by atoms with E-state index >= 15 is 0 Å². The summed E-state index contributed by atoms with van der Waals surface area (Å²) in [4.78, 5) is 21.5. The number of rotatable bonds is 3. The van der Waals surface area contributed by atoms with Gasteiger partial charge in [0.05, 0.1) is 21.7 Å². The van der Waals surface area contributed by atoms with E-state index in [0.29, 0.717) is 0 Å². The smallest absolute Gasteiger partial charge is 0.478 e. The van der Waals surface area contributed by atoms with Gasteiger partial charge in [0, 0.05) is 11.5 Å². The van der Waals surface area contributed by atoms with Crippen molar-refractivity contribution < 1.29 is 24.1 Å². The second-order valence-electron chi connectivity index (χ2n) is 6.15. The van der Waals surface area contributed by atoms with Crippen LogP contribution >= 0.6 is 0 Å². The van der Waals surface area contributed by atoms with Crippen molar-refractivity contribution in [2.24, 2.45) is 0 Å². The number of carboxylic acid groups (broad SMARTS) is 1. The first-order chi connectivity index (χ1) is 9.96. The highest BCUT2D eigenvalue weighted by Crippen LogP contribution is 2.37. The molecular weight excluding hydrogens is 291 g/mol. The Labute approximate surface area is 127 Å². The van der Waals surface area contributed by atoms with Gasteiger partial charge in [0.25, 0.3) is 5.69 Å². The molecule has 2 rings (SSSR count). The zero-order valence-corrected chi connectivity index (χ0v) is 12.7. The van der Waals surface area contributed by atoms with Gasteiger partial charge in [-0.1, -0.05) is 0 Å². The van der Waals surface area contributed by atoms with Crippen LogP contribution in [0.15, 0.2) is 12.1 Å². The molecule has 0 atom stereocenters. The molecule has 0 spiro atoms. The van der Waals surface area contributed by atoms with Gasteiger partial charge in [-0.15, -0.1) is 0 Å². The SMILES string of the molecule is CC1(C)OB(c2cc(C(=O)O)cc([N+](=O)[O-])c2N)OC1(C)C. The molecule has 0 saturated carbocycles. The summed E-state index contributed by atoms with van der Waals surface area (Å²) < 4.78 is 11.6. The van der Waals surface area contributed by atoms with Crippen molar-refractivity contribution in [3.05, 3.63) is 27.8 Å². The maximum absolute atomic E-state index is 11.2. The van der Waals surface area contributed by atoms with Crippen LogP contribution in [-0.4, -0.2) is 34.3 Å². The van der Waals surface area contributed by atoms with E-state index in [4.69, 9.17) is 20.1 Å². The number of nitro benzene ring substituents is 1. The molecule has 1 aliphatic rings. The number of nitrogens with zero attached hydrogens (tertiary/aromatic N) is 1. The Morgan fingerprint density at radius 2 is 1.77 bits per heavy atom. The van der Waals surface area contributed by atoms with Gasteiger partial charge in [-0.3, -0.25) is 10.1 Å². The maximum Gasteiger partial charge on any atom is 0.497 e. The number of anilines is 1. The van der Waals surface area contributed by atoms with Crippen LogP contribution in [0.1, 0.15) is 38.1 Å². The third-order valence-corrected chi connectivity index (χ3v) is 4.14. The second-order valence-corrected chi connectivity index (χ2v) is 6.15. The average molecular weight is 308 g/mol. The van der Waals surface area contributed by atoms with Crippen molar-refractivity contribution in [3.8, 4) is 0 Å². The van der Waals surface area contributed by atoms with Gasteiger partial charge in [0.15, 0.2) is 0 Å². The molecule has 1 aromatic carbocycles. The van der Waals surface area contributed by atoms with E-state index < -0.39 is 34.9 Å². The van der Waals surface area contributed by atoms with Gasteiger partial charge in [0.2, 0.25) is 0 Å². The molecule has 0 aliphatic carbocycles. The number of hydrogen-bond acceptors (Lipinski definition) is 6. The van der Waals surface area contributed by atoms with Crippen molar-refractivity contribution in [1.82, 2.24) is 0 Å². The van der Waals surface area contributed by atoms with Gasteiger partial charge in [-0.05, 0) is 33.8 Å². The Morgan fingerprint density at radius 1 is 1.27 bits per heavy atom. The quantitative estimate of drug-likeness (QED) is 0.371. The van der Waals surface area contributed by atoms with Crippen molar-refractivity contribution in [2.45, 2.75) is 38.9 Å². The highest BCUT2D eigenvalue weighted by Gasteiger charge is 2.52. The van der Waals surface area contributed by atoms with Gasteiger partial charge in [-0.25, -0.2) is 4.79 Å². The molecule has 0 amide bonds. The Balaban J connectivity index is 2.57. The summed E-state index contributed by atoms with van der Waals surface area (Å²) in [6, 6.07) is 2.17. The molecule has 8 nitrogen and oxygen atoms in total. The zero-order valence-electron chi connectivity index (χ0n) is 12.7. The Kier molecular flexibility index (Phi) is 3.66. The predicted molar refractivity (Wildman–Crippen MR) is 80.2 cm³/mol. The van der Waals surface area contributed by atoms with Crippen molar-refractivity contribution in [2.75, 3.05) is 5.73 Å². The molecule has 0 unspecified atom stereocenters. The summed E-state index contributed by atoms with van der Waals surface area (Å²) in [6.45, 7) is 7.27. The van der Waals surface area contributed by atoms with Crippen LogP contribution in [0, 0.1) is 10.1 Å². The highest BCUT2D eigenvalue weighted by atomic mass is 16.7. The van der Waals surface area contributed by atoms with Crippen LogP contribution in [0.4, 0.5) is 11.4 Å². The molecule has 118 valence electrons. The van der Waals surface area contributed by atoms with Gasteiger partial charge in [-0.2, -0.15) is 0 Å². The van der Waals surface area contributed by atoms with E-state index in [2.05, 4.69) is 0 Å². The van der Waals surface area contributed by atoms with Crippen molar-refractivity contribution in [1.29, 1.82) is 0 Å². The first kappa shape index (κ1) is 16.2. The van der Waals surface area contributed by atoms with Crippen LogP contribution in [0.25, 0.3) is 0 Å². The van der Waals surface area contributed by atoms with Crippen LogP contribution in [0.5, 0.6) is 0 Å². The fraction of sp³-hybridized carbons (Fsp3) is 0.462. The summed E-state index contributed by atoms with van der Waals surface area (Å²) in [5, 5.41) is 20.2. The van der Waals surface area contributed by atoms with E-state index in [9.17, 15) is 14.9 Å². The molecular formula is C13H17BN2O6. The molecule has 0 bridgehead atoms. The lowest BCUT2D eigenvalue weighted by Crippen LogP contribution is -2.41. The molecule has 1 aromatic rings. The third-order valence-electron chi connectivity index (χ3n) is 4.14. The monoisotopic (exact) mass is 308 g/mol. The van der Waals surface area contributed by atoms with Gasteiger partial charge < -0.3 is 20.1 Å². The Morgan fingerprint density at radius 3 is 2.18 bits per heavy atom. The number of benzene rings is 1. The maximum atomic E-state index is 11.2. The molecule has 9 heteroatoms. The summed E-state index contributed by atoms with van der Waals surface area (Å²) in [6.07, 6.45) is 0. The topological polar surface area (TPSA) is 125 Å². The van der Waals surface area contributed by atoms with Crippen LogP contribution in [0.3, 0.4) is 0 Å². The van der Waals surface area contributed by atoms with E-state index in [0.717, 1.165) is 6.07 Å². The lowest BCUT2D eigenvalue weighted by molar-refractivity contribution is -0.383. The second kappa shape index (κ2) is 4.96. The number of carbonyl (C=O) groups is 1. The summed E-state index contributed by atoms with van der Waals surface area (Å²) in [5.74, 6) is -1.29. The summed E-state index contributed by atoms with van der Waals surface area (Å²) >= 11 is 0. The molecule has 0 radical (unpaired) electrons. The van der Waals surface area contributed by atoms with Gasteiger partial charge in [0.1, 0.15) is 5.69 Å². The van der Waals surface area contributed by atoms with E-state index in [1.54, 1.807) is 0 Å². The fourth-order valence-electron chi connectivity index (χ4n) is 2.10. The third kappa shape index (κ3) is 2.53. The first-order valence-corrected chi connectivity index (χ1v) is 6.63. The van der Waals surface area contributed by atoms with E-state index in [1.165, 1.54) is 6.07 Å². The normalized spacial score (nSPS) is 19.2. The largest absolute Gasteiger partial charge is 0.497 e. The van der Waals surface area contributed by atoms with Crippen molar-refractivity contribution >= 4 is 29.9 Å². The predicted octanol–water partition coefficient (Wildman–Crippen LogP) is 1.17. The molecule has 0 aromatic heterocycles. The standard InChI is InChI=1S/C13H17BN2O6/c1-12(2)13(3,4)22-14(21-12)8-5-7(11(17)18)6-9(10(8)15)16(19)20/h5-6H,15H2,1-4H3,(H,17,18). The van der Waals surface area contributed by atoms with E-state index in [1.807, 2.05) is 27.7 Å². The van der Waals surface area contributed by atoms with Crippen LogP contribution in [0.2, 0.25) is 0 Å². The minimum Gasteiger partial charge on any atom is -0.478 e. The number of nitrogen functional groups attached to an aromatic ring is 1. The van der Waals surface area contributed by atoms with Crippen LogP contribution < -0.4 is 11.2 Å². The number of nitrogens with two attached hydrogens (primary N) is 1. The Bertz CT molecular complexity index is 642. The Hall–Kier alpha value is -2.13. The van der Waals surface area contributed by atoms with E-state index in [-0.39, 0.29) is 16.7 Å². The summed E-state index contributed by atoms with van der Waals surface area (Å²) in [5.41, 5.74) is 3.74. The summed E-state index contributed by atoms with van der Waals surface area (Å²) in [7, 11) is -0.969. The average Bonchev–Trinajstić information content (AvgIpc) is 2.57. The molecule has 1 fully saturated rings. The minimum atomic E-state index is -1.29. The number of hydrogen-bond donors (Lipinski definition) is 2. The van der Waals surface area contributed by atoms with Gasteiger partial charge >= 0.3 is 13.1 Å².